The van der Waals surface area contributed by atoms with Gasteiger partial charge >= 0.3 is 0 Å². The molecule has 0 radical (unpaired) electrons. The molecule has 0 spiro atoms. The summed E-state index contributed by atoms with van der Waals surface area (Å²) in [6.07, 6.45) is 1.65. The van der Waals surface area contributed by atoms with Gasteiger partial charge in [-0.3, -0.25) is 4.79 Å². The third kappa shape index (κ3) is 1.81. The first-order chi connectivity index (χ1) is 8.74. The minimum absolute atomic E-state index is 0.0167. The molecule has 0 saturated heterocycles. The van der Waals surface area contributed by atoms with Crippen molar-refractivity contribution in [1.29, 1.82) is 0 Å². The molecule has 3 N–H and O–H groups in total. The molecule has 0 fully saturated rings. The zero-order valence-corrected chi connectivity index (χ0v) is 9.59. The lowest BCUT2D eigenvalue weighted by Gasteiger charge is -2.10. The molecule has 1 aromatic carbocycles. The van der Waals surface area contributed by atoms with Crippen LogP contribution in [-0.4, -0.2) is 22.3 Å². The van der Waals surface area contributed by atoms with Crippen molar-refractivity contribution >= 4 is 11.7 Å². The van der Waals surface area contributed by atoms with Crippen molar-refractivity contribution in [2.75, 3.05) is 5.73 Å². The predicted molar refractivity (Wildman–Crippen MR) is 63.8 cm³/mol. The summed E-state index contributed by atoms with van der Waals surface area (Å²) >= 11 is 0. The molecule has 18 heavy (non-hydrogen) atoms. The molecule has 0 unspecified atom stereocenters. The summed E-state index contributed by atoms with van der Waals surface area (Å²) in [6.45, 7) is 0. The number of carbonyl (C=O) groups is 1. The van der Waals surface area contributed by atoms with Gasteiger partial charge in [0, 0.05) is 6.04 Å². The molecular formula is C12H12N4O2. The molecule has 6 heteroatoms. The van der Waals surface area contributed by atoms with Crippen molar-refractivity contribution < 1.29 is 9.42 Å². The topological polar surface area (TPSA) is 94.0 Å². The van der Waals surface area contributed by atoms with E-state index >= 15 is 0 Å². The van der Waals surface area contributed by atoms with Crippen molar-refractivity contribution in [2.24, 2.45) is 0 Å². The fraction of sp³-hybridized carbons (Fsp3) is 0.250. The first kappa shape index (κ1) is 10.8. The second-order valence-corrected chi connectivity index (χ2v) is 4.35. The monoisotopic (exact) mass is 244 g/mol. The Bertz CT molecular complexity index is 568. The summed E-state index contributed by atoms with van der Waals surface area (Å²) < 4.78 is 4.41. The number of rotatable bonds is 2. The van der Waals surface area contributed by atoms with Crippen molar-refractivity contribution in [2.45, 2.75) is 18.9 Å². The van der Waals surface area contributed by atoms with Crippen LogP contribution in [0.4, 0.5) is 5.82 Å². The van der Waals surface area contributed by atoms with Crippen molar-refractivity contribution in [3.63, 3.8) is 0 Å². The van der Waals surface area contributed by atoms with Crippen LogP contribution in [-0.2, 0) is 12.8 Å². The van der Waals surface area contributed by atoms with Crippen molar-refractivity contribution in [3.8, 4) is 0 Å². The van der Waals surface area contributed by atoms with E-state index in [4.69, 9.17) is 5.73 Å². The Morgan fingerprint density at radius 1 is 1.28 bits per heavy atom. The van der Waals surface area contributed by atoms with Crippen molar-refractivity contribution in [3.05, 3.63) is 41.1 Å². The van der Waals surface area contributed by atoms with E-state index in [1.165, 1.54) is 11.1 Å². The summed E-state index contributed by atoms with van der Waals surface area (Å²) in [6, 6.07) is 8.23. The Labute approximate surface area is 103 Å². The summed E-state index contributed by atoms with van der Waals surface area (Å²) in [4.78, 5) is 11.9. The summed E-state index contributed by atoms with van der Waals surface area (Å²) in [7, 11) is 0. The van der Waals surface area contributed by atoms with Crippen LogP contribution in [0.25, 0.3) is 0 Å². The molecule has 1 aliphatic carbocycles. The normalized spacial score (nSPS) is 14.4. The van der Waals surface area contributed by atoms with E-state index in [1.807, 2.05) is 12.1 Å². The molecule has 1 aliphatic rings. The van der Waals surface area contributed by atoms with Crippen LogP contribution >= 0.6 is 0 Å². The van der Waals surface area contributed by atoms with Crippen molar-refractivity contribution in [1.82, 2.24) is 15.6 Å². The number of hydrogen-bond acceptors (Lipinski definition) is 5. The van der Waals surface area contributed by atoms with E-state index in [0.29, 0.717) is 0 Å². The highest BCUT2D eigenvalue weighted by molar-refractivity contribution is 5.96. The predicted octanol–water partition coefficient (Wildman–Crippen LogP) is 0.549. The zero-order chi connectivity index (χ0) is 12.5. The molecule has 3 rings (SSSR count). The lowest BCUT2D eigenvalue weighted by molar-refractivity contribution is 0.0929. The second kappa shape index (κ2) is 4.14. The molecule has 1 aromatic heterocycles. The molecule has 6 nitrogen and oxygen atoms in total. The maximum atomic E-state index is 11.9. The molecule has 0 aliphatic heterocycles. The number of amides is 1. The lowest BCUT2D eigenvalue weighted by atomic mass is 10.1. The van der Waals surface area contributed by atoms with Gasteiger partial charge in [0.2, 0.25) is 11.5 Å². The van der Waals surface area contributed by atoms with Gasteiger partial charge in [-0.2, -0.15) is 0 Å². The Balaban J connectivity index is 1.70. The number of nitrogens with two attached hydrogens (primary N) is 1. The van der Waals surface area contributed by atoms with Crippen LogP contribution in [0.1, 0.15) is 21.6 Å². The number of nitrogens with one attached hydrogen (secondary N) is 1. The average Bonchev–Trinajstić information content (AvgIpc) is 2.94. The number of hydrogen-bond donors (Lipinski definition) is 2. The van der Waals surface area contributed by atoms with Crippen LogP contribution in [0.3, 0.4) is 0 Å². The lowest BCUT2D eigenvalue weighted by Crippen LogP contribution is -2.35. The maximum Gasteiger partial charge on any atom is 0.277 e. The molecule has 0 atom stereocenters. The number of carbonyl (C=O) groups excluding carboxylic acids is 1. The number of nitrogens with zero attached hydrogens (tertiary/aromatic N) is 2. The molecule has 1 heterocycles. The highest BCUT2D eigenvalue weighted by Gasteiger charge is 2.25. The summed E-state index contributed by atoms with van der Waals surface area (Å²) in [5.41, 5.74) is 8.06. The molecular weight excluding hydrogens is 232 g/mol. The van der Waals surface area contributed by atoms with E-state index in [1.54, 1.807) is 0 Å². The number of anilines is 1. The molecule has 0 bridgehead atoms. The van der Waals surface area contributed by atoms with Gasteiger partial charge in [-0.25, -0.2) is 4.63 Å². The van der Waals surface area contributed by atoms with Crippen LogP contribution in [0.2, 0.25) is 0 Å². The third-order valence-corrected chi connectivity index (χ3v) is 3.12. The van der Waals surface area contributed by atoms with Crippen LogP contribution < -0.4 is 11.1 Å². The van der Waals surface area contributed by atoms with Gasteiger partial charge in [-0.1, -0.05) is 24.3 Å². The zero-order valence-electron chi connectivity index (χ0n) is 9.59. The minimum Gasteiger partial charge on any atom is -0.379 e. The number of fused-ring (bicyclic) bond motifs is 1. The standard InChI is InChI=1S/C12H12N4O2/c13-11-10(15-18-16-11)12(17)14-9-5-7-3-1-2-4-8(7)6-9/h1-4,9H,5-6H2,(H2,13,16)(H,14,17). The fourth-order valence-electron chi connectivity index (χ4n) is 2.27. The van der Waals surface area contributed by atoms with Gasteiger partial charge < -0.3 is 11.1 Å². The highest BCUT2D eigenvalue weighted by Crippen LogP contribution is 2.21. The van der Waals surface area contributed by atoms with E-state index < -0.39 is 0 Å². The summed E-state index contributed by atoms with van der Waals surface area (Å²) in [5, 5.41) is 9.75. The smallest absolute Gasteiger partial charge is 0.277 e. The molecule has 1 amide bonds. The van der Waals surface area contributed by atoms with Crippen LogP contribution in [0.15, 0.2) is 28.9 Å². The first-order valence-corrected chi connectivity index (χ1v) is 5.69. The van der Waals surface area contributed by atoms with Crippen LogP contribution in [0.5, 0.6) is 0 Å². The van der Waals surface area contributed by atoms with Gasteiger partial charge in [-0.05, 0) is 34.3 Å². The Hall–Kier alpha value is -2.37. The molecule has 92 valence electrons. The quantitative estimate of drug-likeness (QED) is 0.804. The Morgan fingerprint density at radius 3 is 2.50 bits per heavy atom. The average molecular weight is 244 g/mol. The van der Waals surface area contributed by atoms with E-state index in [-0.39, 0.29) is 23.5 Å². The van der Waals surface area contributed by atoms with Gasteiger partial charge in [-0.15, -0.1) is 0 Å². The first-order valence-electron chi connectivity index (χ1n) is 5.69. The number of aromatic nitrogens is 2. The minimum atomic E-state index is -0.341. The Morgan fingerprint density at radius 2 is 1.94 bits per heavy atom. The molecule has 2 aromatic rings. The summed E-state index contributed by atoms with van der Waals surface area (Å²) in [5.74, 6) is -0.324. The third-order valence-electron chi connectivity index (χ3n) is 3.12. The maximum absolute atomic E-state index is 11.9. The number of nitrogen functional groups attached to an aromatic ring is 1. The van der Waals surface area contributed by atoms with Crippen LogP contribution in [0, 0.1) is 0 Å². The van der Waals surface area contributed by atoms with Gasteiger partial charge in [0.25, 0.3) is 5.91 Å². The number of benzene rings is 1. The largest absolute Gasteiger partial charge is 0.379 e. The fourth-order valence-corrected chi connectivity index (χ4v) is 2.27. The van der Waals surface area contributed by atoms with E-state index in [2.05, 4.69) is 32.4 Å². The van der Waals surface area contributed by atoms with Gasteiger partial charge in [0.1, 0.15) is 0 Å². The molecule has 0 saturated carbocycles. The Kier molecular flexibility index (Phi) is 2.47. The van der Waals surface area contributed by atoms with Gasteiger partial charge in [0.05, 0.1) is 0 Å². The van der Waals surface area contributed by atoms with E-state index in [0.717, 1.165) is 12.8 Å². The SMILES string of the molecule is Nc1nonc1C(=O)NC1Cc2ccccc2C1. The highest BCUT2D eigenvalue weighted by atomic mass is 16.6. The van der Waals surface area contributed by atoms with E-state index in [9.17, 15) is 4.79 Å². The second-order valence-electron chi connectivity index (χ2n) is 4.35. The van der Waals surface area contributed by atoms with Gasteiger partial charge in [0.15, 0.2) is 0 Å².